The van der Waals surface area contributed by atoms with E-state index in [-0.39, 0.29) is 35.9 Å². The van der Waals surface area contributed by atoms with Gasteiger partial charge in [0.25, 0.3) is 0 Å². The lowest BCUT2D eigenvalue weighted by Crippen LogP contribution is -2.51. The Labute approximate surface area is 226 Å². The molecule has 190 valence electrons. The van der Waals surface area contributed by atoms with Crippen LogP contribution in [-0.4, -0.2) is 29.3 Å². The zero-order chi connectivity index (χ0) is 26.1. The van der Waals surface area contributed by atoms with Crippen LogP contribution in [0.15, 0.2) is 66.7 Å². The Morgan fingerprint density at radius 2 is 1.50 bits per heavy atom. The molecule has 2 amide bonds. The maximum Gasteiger partial charge on any atom is 0.243 e. The Morgan fingerprint density at radius 1 is 0.889 bits per heavy atom. The summed E-state index contributed by atoms with van der Waals surface area (Å²) in [5.41, 5.74) is 1.46. The van der Waals surface area contributed by atoms with Gasteiger partial charge in [0.15, 0.2) is 0 Å². The molecule has 0 aliphatic carbocycles. The van der Waals surface area contributed by atoms with Gasteiger partial charge in [-0.25, -0.2) is 4.39 Å². The van der Waals surface area contributed by atoms with Crippen LogP contribution in [-0.2, 0) is 29.0 Å². The summed E-state index contributed by atoms with van der Waals surface area (Å²) in [4.78, 5) is 28.6. The molecule has 0 unspecified atom stereocenters. The van der Waals surface area contributed by atoms with Crippen LogP contribution in [0.5, 0.6) is 0 Å². The second kappa shape index (κ2) is 13.6. The molecule has 1 N–H and O–H groups in total. The number of amides is 2. The SMILES string of the molecule is CCCCNC(=O)[C@H](Cc1ccccc1)N(Cc1c(Cl)cccc1Cl)C(=O)Cc1c(F)cccc1Cl. The lowest BCUT2D eigenvalue weighted by atomic mass is 10.0. The number of hydrogen-bond acceptors (Lipinski definition) is 2. The van der Waals surface area contributed by atoms with Crippen molar-refractivity contribution in [3.63, 3.8) is 0 Å². The van der Waals surface area contributed by atoms with E-state index >= 15 is 0 Å². The zero-order valence-electron chi connectivity index (χ0n) is 19.9. The number of halogens is 4. The molecular formula is C28H28Cl3FN2O2. The van der Waals surface area contributed by atoms with Crippen molar-refractivity contribution in [2.24, 2.45) is 0 Å². The van der Waals surface area contributed by atoms with Crippen LogP contribution in [0.1, 0.15) is 36.5 Å². The third kappa shape index (κ3) is 7.45. The van der Waals surface area contributed by atoms with Crippen LogP contribution in [0.25, 0.3) is 0 Å². The predicted octanol–water partition coefficient (Wildman–Crippen LogP) is 6.88. The Kier molecular flexibility index (Phi) is 10.6. The van der Waals surface area contributed by atoms with Crippen molar-refractivity contribution in [2.45, 2.75) is 45.2 Å². The topological polar surface area (TPSA) is 49.4 Å². The first kappa shape index (κ1) is 28.0. The molecule has 3 aromatic rings. The second-order valence-electron chi connectivity index (χ2n) is 8.45. The van der Waals surface area contributed by atoms with Gasteiger partial charge in [-0.1, -0.05) is 90.6 Å². The quantitative estimate of drug-likeness (QED) is 0.265. The van der Waals surface area contributed by atoms with Crippen LogP contribution in [0.4, 0.5) is 4.39 Å². The fourth-order valence-electron chi connectivity index (χ4n) is 3.87. The summed E-state index contributed by atoms with van der Waals surface area (Å²) in [7, 11) is 0. The van der Waals surface area contributed by atoms with Gasteiger partial charge in [0.05, 0.1) is 6.42 Å². The molecule has 36 heavy (non-hydrogen) atoms. The lowest BCUT2D eigenvalue weighted by molar-refractivity contribution is -0.140. The number of benzene rings is 3. The molecule has 8 heteroatoms. The molecule has 0 aliphatic heterocycles. The molecule has 0 bridgehead atoms. The minimum atomic E-state index is -0.880. The summed E-state index contributed by atoms with van der Waals surface area (Å²) in [5.74, 6) is -1.35. The smallest absolute Gasteiger partial charge is 0.243 e. The predicted molar refractivity (Wildman–Crippen MR) is 144 cm³/mol. The van der Waals surface area contributed by atoms with E-state index in [1.807, 2.05) is 37.3 Å². The minimum absolute atomic E-state index is 0.0257. The maximum atomic E-state index is 14.6. The summed E-state index contributed by atoms with van der Waals surface area (Å²) >= 11 is 19.1. The summed E-state index contributed by atoms with van der Waals surface area (Å²) in [6, 6.07) is 17.8. The van der Waals surface area contributed by atoms with E-state index in [4.69, 9.17) is 34.8 Å². The average molecular weight is 550 g/mol. The summed E-state index contributed by atoms with van der Waals surface area (Å²) < 4.78 is 14.6. The van der Waals surface area contributed by atoms with Gasteiger partial charge < -0.3 is 10.2 Å². The molecule has 0 aliphatic rings. The van der Waals surface area contributed by atoms with E-state index in [0.717, 1.165) is 18.4 Å². The largest absolute Gasteiger partial charge is 0.354 e. The molecular weight excluding hydrogens is 522 g/mol. The van der Waals surface area contributed by atoms with Crippen LogP contribution in [0, 0.1) is 5.82 Å². The second-order valence-corrected chi connectivity index (χ2v) is 9.67. The van der Waals surface area contributed by atoms with Gasteiger partial charge in [-0.15, -0.1) is 0 Å². The van der Waals surface area contributed by atoms with Crippen molar-refractivity contribution in [3.05, 3.63) is 104 Å². The Morgan fingerprint density at radius 3 is 2.11 bits per heavy atom. The van der Waals surface area contributed by atoms with Crippen LogP contribution < -0.4 is 5.32 Å². The molecule has 4 nitrogen and oxygen atoms in total. The number of nitrogens with one attached hydrogen (secondary N) is 1. The first-order valence-electron chi connectivity index (χ1n) is 11.8. The zero-order valence-corrected chi connectivity index (χ0v) is 22.2. The van der Waals surface area contributed by atoms with Gasteiger partial charge in [-0.05, 0) is 36.2 Å². The van der Waals surface area contributed by atoms with Crippen molar-refractivity contribution in [1.82, 2.24) is 10.2 Å². The molecule has 0 spiro atoms. The molecule has 0 fully saturated rings. The van der Waals surface area contributed by atoms with E-state index in [2.05, 4.69) is 5.32 Å². The first-order valence-corrected chi connectivity index (χ1v) is 12.9. The third-order valence-corrected chi connectivity index (χ3v) is 6.94. The number of carbonyl (C=O) groups excluding carboxylic acids is 2. The highest BCUT2D eigenvalue weighted by Crippen LogP contribution is 2.28. The number of hydrogen-bond donors (Lipinski definition) is 1. The number of unbranched alkanes of at least 4 members (excludes halogenated alkanes) is 1. The molecule has 3 rings (SSSR count). The molecule has 0 saturated carbocycles. The Bertz CT molecular complexity index is 1150. The highest BCUT2D eigenvalue weighted by Gasteiger charge is 2.32. The molecule has 3 aromatic carbocycles. The fourth-order valence-corrected chi connectivity index (χ4v) is 4.61. The summed E-state index contributed by atoms with van der Waals surface area (Å²) in [6.45, 7) is 2.48. The standard InChI is InChI=1S/C28H28Cl3FN2O2/c1-2-3-15-33-28(36)26(16-19-9-5-4-6-10-19)34(18-21-23(30)11-7-12-24(21)31)27(35)17-20-22(29)13-8-14-25(20)32/h4-14,26H,2-3,15-18H2,1H3,(H,33,36)/t26-/m0/s1. The van der Waals surface area contributed by atoms with E-state index in [1.165, 1.54) is 23.1 Å². The molecule has 0 radical (unpaired) electrons. The van der Waals surface area contributed by atoms with Gasteiger partial charge in [0, 0.05) is 45.7 Å². The number of carbonyl (C=O) groups is 2. The number of nitrogens with zero attached hydrogens (tertiary/aromatic N) is 1. The van der Waals surface area contributed by atoms with Gasteiger partial charge in [0.1, 0.15) is 11.9 Å². The van der Waals surface area contributed by atoms with Gasteiger partial charge >= 0.3 is 0 Å². The van der Waals surface area contributed by atoms with Crippen molar-refractivity contribution in [2.75, 3.05) is 6.54 Å². The normalized spacial score (nSPS) is 11.7. The Balaban J connectivity index is 2.03. The van der Waals surface area contributed by atoms with Crippen molar-refractivity contribution < 1.29 is 14.0 Å². The maximum absolute atomic E-state index is 14.6. The highest BCUT2D eigenvalue weighted by atomic mass is 35.5. The minimum Gasteiger partial charge on any atom is -0.354 e. The van der Waals surface area contributed by atoms with Crippen molar-refractivity contribution >= 4 is 46.6 Å². The first-order chi connectivity index (χ1) is 17.3. The monoisotopic (exact) mass is 548 g/mol. The van der Waals surface area contributed by atoms with E-state index in [9.17, 15) is 14.0 Å². The van der Waals surface area contributed by atoms with E-state index < -0.39 is 17.8 Å². The van der Waals surface area contributed by atoms with Gasteiger partial charge in [0.2, 0.25) is 11.8 Å². The summed E-state index contributed by atoms with van der Waals surface area (Å²) in [6.07, 6.45) is 1.66. The third-order valence-electron chi connectivity index (χ3n) is 5.88. The van der Waals surface area contributed by atoms with Crippen molar-refractivity contribution in [3.8, 4) is 0 Å². The lowest BCUT2D eigenvalue weighted by Gasteiger charge is -2.32. The molecule has 0 saturated heterocycles. The van der Waals surface area contributed by atoms with Crippen LogP contribution >= 0.6 is 34.8 Å². The average Bonchev–Trinajstić information content (AvgIpc) is 2.86. The highest BCUT2D eigenvalue weighted by molar-refractivity contribution is 6.36. The molecule has 0 heterocycles. The van der Waals surface area contributed by atoms with Crippen LogP contribution in [0.2, 0.25) is 15.1 Å². The van der Waals surface area contributed by atoms with Crippen LogP contribution in [0.3, 0.4) is 0 Å². The molecule has 1 atom stereocenters. The van der Waals surface area contributed by atoms with Gasteiger partial charge in [-0.2, -0.15) is 0 Å². The number of rotatable bonds is 11. The van der Waals surface area contributed by atoms with E-state index in [0.29, 0.717) is 22.2 Å². The fraction of sp³-hybridized carbons (Fsp3) is 0.286. The molecule has 0 aromatic heterocycles. The summed E-state index contributed by atoms with van der Waals surface area (Å²) in [5, 5.41) is 3.83. The van der Waals surface area contributed by atoms with E-state index in [1.54, 1.807) is 18.2 Å². The Hall–Kier alpha value is -2.60. The van der Waals surface area contributed by atoms with Crippen molar-refractivity contribution in [1.29, 1.82) is 0 Å². The van der Waals surface area contributed by atoms with Gasteiger partial charge in [-0.3, -0.25) is 9.59 Å².